The molecule has 2 aromatic rings. The largest absolute Gasteiger partial charge is 0.336 e. The second-order valence-electron chi connectivity index (χ2n) is 5.92. The van der Waals surface area contributed by atoms with Gasteiger partial charge < -0.3 is 10.6 Å². The standard InChI is InChI=1S/C17H11ClF2N4O5/c18-11-6-9(2-4-12(11)19)23-16(26)10(7-21-17(23)27)15(25)22-8-1-3-13(20)14(5-8)24(28)29/h1-6,10H,7H2,(H,21,27)(H,22,25). The molecule has 1 saturated heterocycles. The van der Waals surface area contributed by atoms with Crippen molar-refractivity contribution in [3.05, 3.63) is 63.2 Å². The van der Waals surface area contributed by atoms with E-state index in [0.717, 1.165) is 36.4 Å². The Morgan fingerprint density at radius 1 is 1.21 bits per heavy atom. The Labute approximate surface area is 166 Å². The maximum atomic E-state index is 13.4. The van der Waals surface area contributed by atoms with E-state index < -0.39 is 46.0 Å². The number of nitrogens with one attached hydrogen (secondary N) is 2. The number of amides is 4. The summed E-state index contributed by atoms with van der Waals surface area (Å²) in [7, 11) is 0. The first kappa shape index (κ1) is 20.1. The number of carbonyl (C=O) groups excluding carboxylic acids is 3. The first-order chi connectivity index (χ1) is 13.7. The molecule has 1 unspecified atom stereocenters. The Morgan fingerprint density at radius 3 is 2.55 bits per heavy atom. The number of hydrogen-bond donors (Lipinski definition) is 2. The van der Waals surface area contributed by atoms with Crippen LogP contribution < -0.4 is 15.5 Å². The van der Waals surface area contributed by atoms with Crippen LogP contribution in [0, 0.1) is 27.7 Å². The van der Waals surface area contributed by atoms with Crippen LogP contribution in [-0.4, -0.2) is 29.3 Å². The van der Waals surface area contributed by atoms with Crippen molar-refractivity contribution in [2.24, 2.45) is 5.92 Å². The number of nitrogens with zero attached hydrogens (tertiary/aromatic N) is 2. The first-order valence-electron chi connectivity index (χ1n) is 8.00. The highest BCUT2D eigenvalue weighted by molar-refractivity contribution is 6.31. The molecule has 1 atom stereocenters. The van der Waals surface area contributed by atoms with Crippen molar-refractivity contribution >= 4 is 46.5 Å². The predicted molar refractivity (Wildman–Crippen MR) is 97.5 cm³/mol. The molecule has 0 spiro atoms. The number of carbonyl (C=O) groups is 3. The Hall–Kier alpha value is -3.60. The number of benzene rings is 2. The zero-order valence-corrected chi connectivity index (χ0v) is 15.1. The normalized spacial score (nSPS) is 16.4. The molecule has 0 aromatic heterocycles. The van der Waals surface area contributed by atoms with E-state index in [-0.39, 0.29) is 22.9 Å². The van der Waals surface area contributed by atoms with Crippen molar-refractivity contribution in [3.8, 4) is 0 Å². The molecule has 150 valence electrons. The summed E-state index contributed by atoms with van der Waals surface area (Å²) in [5, 5.41) is 15.1. The summed E-state index contributed by atoms with van der Waals surface area (Å²) in [5.41, 5.74) is -1.01. The Bertz CT molecular complexity index is 1050. The van der Waals surface area contributed by atoms with Crippen LogP contribution in [0.1, 0.15) is 0 Å². The average molecular weight is 425 g/mol. The van der Waals surface area contributed by atoms with Gasteiger partial charge in [-0.15, -0.1) is 0 Å². The lowest BCUT2D eigenvalue weighted by Gasteiger charge is -2.30. The summed E-state index contributed by atoms with van der Waals surface area (Å²) in [6.45, 7) is -0.335. The highest BCUT2D eigenvalue weighted by Gasteiger charge is 2.39. The van der Waals surface area contributed by atoms with Gasteiger partial charge in [-0.3, -0.25) is 19.7 Å². The van der Waals surface area contributed by atoms with Gasteiger partial charge in [-0.1, -0.05) is 11.6 Å². The third-order valence-corrected chi connectivity index (χ3v) is 4.36. The van der Waals surface area contributed by atoms with Gasteiger partial charge in [0.15, 0.2) is 0 Å². The van der Waals surface area contributed by atoms with Crippen molar-refractivity contribution in [1.82, 2.24) is 5.32 Å². The van der Waals surface area contributed by atoms with Gasteiger partial charge in [-0.05, 0) is 30.3 Å². The first-order valence-corrected chi connectivity index (χ1v) is 8.38. The number of imide groups is 1. The van der Waals surface area contributed by atoms with Gasteiger partial charge in [0, 0.05) is 18.3 Å². The molecule has 1 aliphatic rings. The summed E-state index contributed by atoms with van der Waals surface area (Å²) >= 11 is 5.68. The lowest BCUT2D eigenvalue weighted by atomic mass is 10.0. The second kappa shape index (κ2) is 7.80. The smallest absolute Gasteiger partial charge is 0.328 e. The van der Waals surface area contributed by atoms with Gasteiger partial charge in [0.25, 0.3) is 0 Å². The number of hydrogen-bond acceptors (Lipinski definition) is 5. The van der Waals surface area contributed by atoms with Gasteiger partial charge in [-0.2, -0.15) is 4.39 Å². The third kappa shape index (κ3) is 3.99. The zero-order chi connectivity index (χ0) is 21.3. The quantitative estimate of drug-likeness (QED) is 0.444. The van der Waals surface area contributed by atoms with Crippen LogP contribution in [0.25, 0.3) is 0 Å². The van der Waals surface area contributed by atoms with Crippen LogP contribution in [0.3, 0.4) is 0 Å². The number of halogens is 3. The van der Waals surface area contributed by atoms with Crippen LogP contribution in [0.15, 0.2) is 36.4 Å². The van der Waals surface area contributed by atoms with E-state index in [2.05, 4.69) is 10.6 Å². The van der Waals surface area contributed by atoms with Crippen molar-refractivity contribution in [1.29, 1.82) is 0 Å². The van der Waals surface area contributed by atoms with Gasteiger partial charge in [-0.25, -0.2) is 14.1 Å². The topological polar surface area (TPSA) is 122 Å². The Balaban J connectivity index is 1.83. The predicted octanol–water partition coefficient (Wildman–Crippen LogP) is 2.84. The number of urea groups is 1. The van der Waals surface area contributed by atoms with E-state index in [4.69, 9.17) is 11.6 Å². The highest BCUT2D eigenvalue weighted by Crippen LogP contribution is 2.27. The van der Waals surface area contributed by atoms with E-state index in [9.17, 15) is 33.3 Å². The number of anilines is 2. The van der Waals surface area contributed by atoms with Crippen LogP contribution in [-0.2, 0) is 9.59 Å². The molecular weight excluding hydrogens is 414 g/mol. The minimum Gasteiger partial charge on any atom is -0.336 e. The lowest BCUT2D eigenvalue weighted by molar-refractivity contribution is -0.387. The fraction of sp³-hybridized carbons (Fsp3) is 0.118. The van der Waals surface area contributed by atoms with E-state index in [1.165, 1.54) is 0 Å². The summed E-state index contributed by atoms with van der Waals surface area (Å²) in [6.07, 6.45) is 0. The van der Waals surface area contributed by atoms with Crippen molar-refractivity contribution in [2.75, 3.05) is 16.8 Å². The molecule has 3 rings (SSSR count). The fourth-order valence-electron chi connectivity index (χ4n) is 2.64. The maximum absolute atomic E-state index is 13.4. The minimum atomic E-state index is -1.39. The van der Waals surface area contributed by atoms with E-state index in [1.54, 1.807) is 0 Å². The molecule has 1 heterocycles. The molecular formula is C17H11ClF2N4O5. The minimum absolute atomic E-state index is 0.0474. The Kier molecular flexibility index (Phi) is 5.41. The molecule has 2 N–H and O–H groups in total. The van der Waals surface area contributed by atoms with Crippen molar-refractivity contribution < 1.29 is 28.1 Å². The molecule has 4 amide bonds. The van der Waals surface area contributed by atoms with E-state index >= 15 is 0 Å². The summed E-state index contributed by atoms with van der Waals surface area (Å²) < 4.78 is 26.8. The molecule has 12 heteroatoms. The average Bonchev–Trinajstić information content (AvgIpc) is 2.66. The number of nitro groups is 1. The fourth-order valence-corrected chi connectivity index (χ4v) is 2.82. The molecule has 0 bridgehead atoms. The molecule has 0 radical (unpaired) electrons. The molecule has 1 fully saturated rings. The second-order valence-corrected chi connectivity index (χ2v) is 6.33. The van der Waals surface area contributed by atoms with Crippen molar-refractivity contribution in [2.45, 2.75) is 0 Å². The SMILES string of the molecule is O=C(Nc1ccc(F)c([N+](=O)[O-])c1)C1CNC(=O)N(c2ccc(F)c(Cl)c2)C1=O. The van der Waals surface area contributed by atoms with Gasteiger partial charge >= 0.3 is 11.7 Å². The molecule has 0 saturated carbocycles. The Morgan fingerprint density at radius 2 is 1.90 bits per heavy atom. The van der Waals surface area contributed by atoms with Gasteiger partial charge in [0.05, 0.1) is 15.6 Å². The van der Waals surface area contributed by atoms with Crippen LogP contribution in [0.4, 0.5) is 30.6 Å². The highest BCUT2D eigenvalue weighted by atomic mass is 35.5. The van der Waals surface area contributed by atoms with Crippen LogP contribution in [0.2, 0.25) is 5.02 Å². The maximum Gasteiger partial charge on any atom is 0.328 e. The lowest BCUT2D eigenvalue weighted by Crippen LogP contribution is -2.58. The zero-order valence-electron chi connectivity index (χ0n) is 14.3. The molecule has 0 aliphatic carbocycles. The van der Waals surface area contributed by atoms with Gasteiger partial charge in [0.1, 0.15) is 11.7 Å². The molecule has 29 heavy (non-hydrogen) atoms. The molecule has 2 aromatic carbocycles. The van der Waals surface area contributed by atoms with E-state index in [0.29, 0.717) is 4.90 Å². The van der Waals surface area contributed by atoms with Crippen molar-refractivity contribution in [3.63, 3.8) is 0 Å². The monoisotopic (exact) mass is 424 g/mol. The summed E-state index contributed by atoms with van der Waals surface area (Å²) in [6, 6.07) is 5.00. The van der Waals surface area contributed by atoms with Crippen LogP contribution >= 0.6 is 11.6 Å². The summed E-state index contributed by atoms with van der Waals surface area (Å²) in [5.74, 6) is -5.03. The number of nitro benzene ring substituents is 1. The van der Waals surface area contributed by atoms with E-state index in [1.807, 2.05) is 0 Å². The number of rotatable bonds is 4. The van der Waals surface area contributed by atoms with Gasteiger partial charge in [0.2, 0.25) is 17.6 Å². The third-order valence-electron chi connectivity index (χ3n) is 4.07. The molecule has 9 nitrogen and oxygen atoms in total. The summed E-state index contributed by atoms with van der Waals surface area (Å²) in [4.78, 5) is 47.8. The van der Waals surface area contributed by atoms with Crippen LogP contribution in [0.5, 0.6) is 0 Å². The molecule has 1 aliphatic heterocycles.